The molecule has 5 heteroatoms. The van der Waals surface area contributed by atoms with Gasteiger partial charge in [-0.15, -0.1) is 0 Å². The summed E-state index contributed by atoms with van der Waals surface area (Å²) in [6, 6.07) is 0.868. The molecule has 1 saturated heterocycles. The van der Waals surface area contributed by atoms with Gasteiger partial charge in [0.2, 0.25) is 0 Å². The number of hydrogen-bond donors (Lipinski definition) is 1. The van der Waals surface area contributed by atoms with Crippen LogP contribution in [-0.2, 0) is 17.8 Å². The molecule has 2 rings (SSSR count). The molecule has 0 radical (unpaired) electrons. The quantitative estimate of drug-likeness (QED) is 0.887. The van der Waals surface area contributed by atoms with E-state index in [1.165, 1.54) is 5.56 Å². The van der Waals surface area contributed by atoms with Crippen LogP contribution >= 0.6 is 0 Å². The predicted octanol–water partition coefficient (Wildman–Crippen LogP) is 1.10. The Labute approximate surface area is 115 Å². The third-order valence-electron chi connectivity index (χ3n) is 4.03. The van der Waals surface area contributed by atoms with E-state index in [4.69, 9.17) is 9.84 Å². The standard InChI is InChI=1S/C14H25N3O2/c1-10-8-19-9-11(2)16(10)7-14-12(3)15-17(5-6-18)13(14)4/h10-11,18H,5-9H2,1-4H3. The van der Waals surface area contributed by atoms with Crippen molar-refractivity contribution in [3.63, 3.8) is 0 Å². The molecule has 5 nitrogen and oxygen atoms in total. The SMILES string of the molecule is Cc1nn(CCO)c(C)c1CN1C(C)COCC1C. The smallest absolute Gasteiger partial charge is 0.0644 e. The lowest BCUT2D eigenvalue weighted by Crippen LogP contribution is -2.49. The van der Waals surface area contributed by atoms with Gasteiger partial charge in [0.25, 0.3) is 0 Å². The van der Waals surface area contributed by atoms with Gasteiger partial charge < -0.3 is 9.84 Å². The third-order valence-corrected chi connectivity index (χ3v) is 4.03. The molecule has 1 fully saturated rings. The molecule has 1 aliphatic rings. The molecule has 0 spiro atoms. The lowest BCUT2D eigenvalue weighted by atomic mass is 10.1. The summed E-state index contributed by atoms with van der Waals surface area (Å²) in [7, 11) is 0. The van der Waals surface area contributed by atoms with Gasteiger partial charge in [-0.3, -0.25) is 9.58 Å². The van der Waals surface area contributed by atoms with Gasteiger partial charge in [-0.1, -0.05) is 0 Å². The van der Waals surface area contributed by atoms with Crippen molar-refractivity contribution in [1.82, 2.24) is 14.7 Å². The summed E-state index contributed by atoms with van der Waals surface area (Å²) in [5, 5.41) is 13.6. The fraction of sp³-hybridized carbons (Fsp3) is 0.786. The molecule has 2 heterocycles. The summed E-state index contributed by atoms with van der Waals surface area (Å²) in [6.07, 6.45) is 0. The third kappa shape index (κ3) is 2.99. The summed E-state index contributed by atoms with van der Waals surface area (Å²) in [5.41, 5.74) is 3.52. The number of aliphatic hydroxyl groups is 1. The maximum absolute atomic E-state index is 9.06. The van der Waals surface area contributed by atoms with Crippen molar-refractivity contribution in [2.24, 2.45) is 0 Å². The number of aryl methyl sites for hydroxylation is 1. The van der Waals surface area contributed by atoms with Gasteiger partial charge in [-0.05, 0) is 27.7 Å². The molecular weight excluding hydrogens is 242 g/mol. The Balaban J connectivity index is 2.18. The molecule has 1 aliphatic heterocycles. The summed E-state index contributed by atoms with van der Waals surface area (Å²) in [5.74, 6) is 0. The average molecular weight is 267 g/mol. The van der Waals surface area contributed by atoms with Crippen LogP contribution in [0.1, 0.15) is 30.8 Å². The Morgan fingerprint density at radius 3 is 2.47 bits per heavy atom. The molecule has 1 N–H and O–H groups in total. The number of hydrogen-bond acceptors (Lipinski definition) is 4. The van der Waals surface area contributed by atoms with E-state index in [9.17, 15) is 0 Å². The van der Waals surface area contributed by atoms with E-state index in [0.29, 0.717) is 18.6 Å². The second-order valence-corrected chi connectivity index (χ2v) is 5.50. The number of nitrogens with zero attached hydrogens (tertiary/aromatic N) is 3. The molecule has 0 aromatic carbocycles. The van der Waals surface area contributed by atoms with Crippen molar-refractivity contribution in [2.75, 3.05) is 19.8 Å². The first kappa shape index (κ1) is 14.5. The predicted molar refractivity (Wildman–Crippen MR) is 74.1 cm³/mol. The molecule has 1 aromatic rings. The summed E-state index contributed by atoms with van der Waals surface area (Å²) >= 11 is 0. The number of aromatic nitrogens is 2. The van der Waals surface area contributed by atoms with Crippen LogP contribution in [0.5, 0.6) is 0 Å². The highest BCUT2D eigenvalue weighted by Gasteiger charge is 2.27. The van der Waals surface area contributed by atoms with E-state index in [0.717, 1.165) is 31.1 Å². The van der Waals surface area contributed by atoms with Gasteiger partial charge in [0.15, 0.2) is 0 Å². The minimum atomic E-state index is 0.131. The van der Waals surface area contributed by atoms with Crippen LogP contribution in [0, 0.1) is 13.8 Å². The first-order valence-electron chi connectivity index (χ1n) is 7.01. The molecule has 2 unspecified atom stereocenters. The Hall–Kier alpha value is -0.910. The second-order valence-electron chi connectivity index (χ2n) is 5.50. The highest BCUT2D eigenvalue weighted by molar-refractivity contribution is 5.24. The maximum Gasteiger partial charge on any atom is 0.0644 e. The zero-order valence-electron chi connectivity index (χ0n) is 12.4. The van der Waals surface area contributed by atoms with Gasteiger partial charge in [0.1, 0.15) is 0 Å². The van der Waals surface area contributed by atoms with Crippen LogP contribution in [0.4, 0.5) is 0 Å². The van der Waals surface area contributed by atoms with Crippen molar-refractivity contribution in [3.05, 3.63) is 17.0 Å². The Bertz CT molecular complexity index is 421. The average Bonchev–Trinajstić information content (AvgIpc) is 2.61. The zero-order chi connectivity index (χ0) is 14.0. The monoisotopic (exact) mass is 267 g/mol. The Kier molecular flexibility index (Phi) is 4.60. The molecule has 0 aliphatic carbocycles. The van der Waals surface area contributed by atoms with E-state index in [-0.39, 0.29) is 6.61 Å². The highest BCUT2D eigenvalue weighted by Crippen LogP contribution is 2.21. The highest BCUT2D eigenvalue weighted by atomic mass is 16.5. The fourth-order valence-corrected chi connectivity index (χ4v) is 2.80. The van der Waals surface area contributed by atoms with Crippen LogP contribution in [0.2, 0.25) is 0 Å². The van der Waals surface area contributed by atoms with Crippen molar-refractivity contribution in [2.45, 2.75) is 52.9 Å². The topological polar surface area (TPSA) is 50.5 Å². The minimum Gasteiger partial charge on any atom is -0.394 e. The number of aliphatic hydroxyl groups excluding tert-OH is 1. The molecular formula is C14H25N3O2. The van der Waals surface area contributed by atoms with Gasteiger partial charge in [0.05, 0.1) is 32.1 Å². The summed E-state index contributed by atoms with van der Waals surface area (Å²) in [6.45, 7) is 11.8. The van der Waals surface area contributed by atoms with Crippen molar-refractivity contribution < 1.29 is 9.84 Å². The van der Waals surface area contributed by atoms with E-state index in [2.05, 4.69) is 30.8 Å². The molecule has 19 heavy (non-hydrogen) atoms. The normalized spacial score (nSPS) is 24.9. The lowest BCUT2D eigenvalue weighted by molar-refractivity contribution is -0.0411. The lowest BCUT2D eigenvalue weighted by Gasteiger charge is -2.38. The minimum absolute atomic E-state index is 0.131. The van der Waals surface area contributed by atoms with Gasteiger partial charge in [-0.25, -0.2) is 0 Å². The molecule has 0 saturated carbocycles. The zero-order valence-corrected chi connectivity index (χ0v) is 12.4. The van der Waals surface area contributed by atoms with Crippen LogP contribution < -0.4 is 0 Å². The number of morpholine rings is 1. The van der Waals surface area contributed by atoms with Crippen LogP contribution in [0.25, 0.3) is 0 Å². The van der Waals surface area contributed by atoms with Gasteiger partial charge >= 0.3 is 0 Å². The largest absolute Gasteiger partial charge is 0.394 e. The van der Waals surface area contributed by atoms with Gasteiger partial charge in [0, 0.05) is 29.9 Å². The van der Waals surface area contributed by atoms with Crippen LogP contribution in [0.3, 0.4) is 0 Å². The van der Waals surface area contributed by atoms with E-state index >= 15 is 0 Å². The summed E-state index contributed by atoms with van der Waals surface area (Å²) in [4.78, 5) is 2.48. The first-order valence-corrected chi connectivity index (χ1v) is 7.01. The van der Waals surface area contributed by atoms with E-state index < -0.39 is 0 Å². The summed E-state index contributed by atoms with van der Waals surface area (Å²) < 4.78 is 7.47. The van der Waals surface area contributed by atoms with E-state index in [1.807, 2.05) is 11.6 Å². The van der Waals surface area contributed by atoms with Crippen molar-refractivity contribution in [1.29, 1.82) is 0 Å². The Morgan fingerprint density at radius 2 is 1.89 bits per heavy atom. The molecule has 0 bridgehead atoms. The Morgan fingerprint density at radius 1 is 1.26 bits per heavy atom. The molecule has 1 aromatic heterocycles. The first-order chi connectivity index (χ1) is 9.04. The van der Waals surface area contributed by atoms with E-state index in [1.54, 1.807) is 0 Å². The molecule has 2 atom stereocenters. The maximum atomic E-state index is 9.06. The number of ether oxygens (including phenoxy) is 1. The second kappa shape index (κ2) is 6.03. The van der Waals surface area contributed by atoms with Crippen LogP contribution in [0.15, 0.2) is 0 Å². The number of rotatable bonds is 4. The van der Waals surface area contributed by atoms with Crippen LogP contribution in [-0.4, -0.2) is 51.7 Å². The fourth-order valence-electron chi connectivity index (χ4n) is 2.80. The van der Waals surface area contributed by atoms with Crippen molar-refractivity contribution in [3.8, 4) is 0 Å². The van der Waals surface area contributed by atoms with Gasteiger partial charge in [-0.2, -0.15) is 5.10 Å². The van der Waals surface area contributed by atoms with Crippen molar-refractivity contribution >= 4 is 0 Å². The molecule has 0 amide bonds. The molecule has 108 valence electrons.